The van der Waals surface area contributed by atoms with E-state index >= 15 is 0 Å². The predicted molar refractivity (Wildman–Crippen MR) is 113 cm³/mol. The number of methoxy groups -OCH3 is 2. The summed E-state index contributed by atoms with van der Waals surface area (Å²) in [6.45, 7) is 0.248. The largest absolute Gasteiger partial charge is 0.497 e. The molecule has 0 saturated heterocycles. The van der Waals surface area contributed by atoms with Gasteiger partial charge in [0.15, 0.2) is 0 Å². The second kappa shape index (κ2) is 8.57. The van der Waals surface area contributed by atoms with Crippen molar-refractivity contribution in [1.82, 2.24) is 9.38 Å². The molecule has 0 fully saturated rings. The summed E-state index contributed by atoms with van der Waals surface area (Å²) >= 11 is 0. The van der Waals surface area contributed by atoms with Gasteiger partial charge in [-0.25, -0.2) is 4.98 Å². The van der Waals surface area contributed by atoms with Crippen LogP contribution in [0.5, 0.6) is 17.2 Å². The van der Waals surface area contributed by atoms with Crippen molar-refractivity contribution in [3.63, 3.8) is 0 Å². The predicted octanol–water partition coefficient (Wildman–Crippen LogP) is 4.18. The van der Waals surface area contributed by atoms with E-state index in [0.717, 1.165) is 11.3 Å². The fourth-order valence-electron chi connectivity index (χ4n) is 3.08. The normalized spacial score (nSPS) is 10.6. The van der Waals surface area contributed by atoms with Crippen molar-refractivity contribution < 1.29 is 19.0 Å². The third-order valence-corrected chi connectivity index (χ3v) is 4.58. The minimum Gasteiger partial charge on any atom is -0.497 e. The standard InChI is InChI=1S/C23H21N3O4/c1-28-17-10-11-19(21(13-17)29-2)25-23(27)18-7-3-4-8-20(18)30-15-16-14-26-12-6-5-9-22(26)24-16/h3-14H,15H2,1-2H3,(H,25,27). The molecule has 2 heterocycles. The minimum absolute atomic E-state index is 0.248. The van der Waals surface area contributed by atoms with E-state index in [2.05, 4.69) is 10.3 Å². The van der Waals surface area contributed by atoms with E-state index in [4.69, 9.17) is 14.2 Å². The molecule has 0 radical (unpaired) electrons. The highest BCUT2D eigenvalue weighted by Gasteiger charge is 2.15. The van der Waals surface area contributed by atoms with E-state index in [9.17, 15) is 4.79 Å². The summed E-state index contributed by atoms with van der Waals surface area (Å²) in [7, 11) is 3.11. The number of benzene rings is 2. The summed E-state index contributed by atoms with van der Waals surface area (Å²) in [5, 5.41) is 2.87. The zero-order chi connectivity index (χ0) is 20.9. The van der Waals surface area contributed by atoms with E-state index in [-0.39, 0.29) is 12.5 Å². The number of carbonyl (C=O) groups excluding carboxylic acids is 1. The maximum Gasteiger partial charge on any atom is 0.259 e. The molecule has 0 unspecified atom stereocenters. The molecule has 4 rings (SSSR count). The van der Waals surface area contributed by atoms with Crippen molar-refractivity contribution in [3.05, 3.63) is 84.3 Å². The Kier molecular flexibility index (Phi) is 5.52. The zero-order valence-electron chi connectivity index (χ0n) is 16.7. The topological polar surface area (TPSA) is 74.1 Å². The SMILES string of the molecule is COc1ccc(NC(=O)c2ccccc2OCc2cn3ccccc3n2)c(OC)c1. The summed E-state index contributed by atoms with van der Waals surface area (Å²) < 4.78 is 18.4. The summed E-state index contributed by atoms with van der Waals surface area (Å²) in [4.78, 5) is 17.4. The second-order valence-electron chi connectivity index (χ2n) is 6.50. The van der Waals surface area contributed by atoms with Crippen LogP contribution in [-0.4, -0.2) is 29.5 Å². The van der Waals surface area contributed by atoms with Crippen LogP contribution in [0.3, 0.4) is 0 Å². The van der Waals surface area contributed by atoms with Gasteiger partial charge in [0.2, 0.25) is 0 Å². The number of aromatic nitrogens is 2. The van der Waals surface area contributed by atoms with Gasteiger partial charge in [-0.1, -0.05) is 18.2 Å². The number of anilines is 1. The Morgan fingerprint density at radius 2 is 1.83 bits per heavy atom. The van der Waals surface area contributed by atoms with Crippen LogP contribution in [0.15, 0.2) is 73.1 Å². The van der Waals surface area contributed by atoms with Crippen LogP contribution in [0, 0.1) is 0 Å². The lowest BCUT2D eigenvalue weighted by atomic mass is 10.1. The van der Waals surface area contributed by atoms with Gasteiger partial charge < -0.3 is 23.9 Å². The summed E-state index contributed by atoms with van der Waals surface area (Å²) in [5.74, 6) is 1.32. The number of hydrogen-bond acceptors (Lipinski definition) is 5. The molecule has 0 saturated carbocycles. The van der Waals surface area contributed by atoms with Gasteiger partial charge in [0.1, 0.15) is 29.5 Å². The molecule has 2 aromatic heterocycles. The molecule has 1 N–H and O–H groups in total. The maximum atomic E-state index is 12.9. The molecule has 4 aromatic rings. The Morgan fingerprint density at radius 3 is 2.63 bits per heavy atom. The molecule has 2 aromatic carbocycles. The average Bonchev–Trinajstić information content (AvgIpc) is 3.21. The molecule has 1 amide bonds. The van der Waals surface area contributed by atoms with E-state index in [0.29, 0.717) is 28.5 Å². The first-order chi connectivity index (χ1) is 14.7. The Labute approximate surface area is 173 Å². The average molecular weight is 403 g/mol. The van der Waals surface area contributed by atoms with E-state index in [1.165, 1.54) is 7.11 Å². The van der Waals surface area contributed by atoms with Gasteiger partial charge in [0.25, 0.3) is 5.91 Å². The molecule has 0 bridgehead atoms. The Hall–Kier alpha value is -4.00. The molecule has 0 atom stereocenters. The number of nitrogens with one attached hydrogen (secondary N) is 1. The smallest absolute Gasteiger partial charge is 0.259 e. The lowest BCUT2D eigenvalue weighted by Gasteiger charge is -2.13. The number of ether oxygens (including phenoxy) is 3. The van der Waals surface area contributed by atoms with Gasteiger partial charge in [-0.05, 0) is 36.4 Å². The highest BCUT2D eigenvalue weighted by Crippen LogP contribution is 2.30. The van der Waals surface area contributed by atoms with Crippen molar-refractivity contribution >= 4 is 17.2 Å². The number of fused-ring (bicyclic) bond motifs is 1. The van der Waals surface area contributed by atoms with E-state index < -0.39 is 0 Å². The molecular formula is C23H21N3O4. The monoisotopic (exact) mass is 403 g/mol. The summed E-state index contributed by atoms with van der Waals surface area (Å²) in [6, 6.07) is 18.1. The first kappa shape index (κ1) is 19.3. The van der Waals surface area contributed by atoms with Crippen molar-refractivity contribution in [2.24, 2.45) is 0 Å². The molecule has 0 aliphatic heterocycles. The van der Waals surface area contributed by atoms with Gasteiger partial charge in [0, 0.05) is 18.5 Å². The third-order valence-electron chi connectivity index (χ3n) is 4.58. The Morgan fingerprint density at radius 1 is 1.00 bits per heavy atom. The van der Waals surface area contributed by atoms with Crippen molar-refractivity contribution in [2.75, 3.05) is 19.5 Å². The van der Waals surface area contributed by atoms with Crippen LogP contribution in [0.25, 0.3) is 5.65 Å². The molecule has 7 heteroatoms. The number of carbonyl (C=O) groups is 1. The third kappa shape index (κ3) is 4.05. The molecule has 0 spiro atoms. The van der Waals surface area contributed by atoms with Gasteiger partial charge in [0.05, 0.1) is 31.2 Å². The molecule has 7 nitrogen and oxygen atoms in total. The summed E-state index contributed by atoms with van der Waals surface area (Å²) in [5.41, 5.74) is 2.57. The van der Waals surface area contributed by atoms with Crippen LogP contribution in [-0.2, 0) is 6.61 Å². The van der Waals surface area contributed by atoms with Crippen LogP contribution >= 0.6 is 0 Å². The van der Waals surface area contributed by atoms with Crippen molar-refractivity contribution in [3.8, 4) is 17.2 Å². The lowest BCUT2D eigenvalue weighted by Crippen LogP contribution is -2.14. The van der Waals surface area contributed by atoms with E-state index in [1.807, 2.05) is 41.1 Å². The molecular weight excluding hydrogens is 382 g/mol. The maximum absolute atomic E-state index is 12.9. The number of hydrogen-bond donors (Lipinski definition) is 1. The quantitative estimate of drug-likeness (QED) is 0.501. The Bertz CT molecular complexity index is 1150. The fourth-order valence-corrected chi connectivity index (χ4v) is 3.08. The van der Waals surface area contributed by atoms with Crippen LogP contribution in [0.2, 0.25) is 0 Å². The number of pyridine rings is 1. The van der Waals surface area contributed by atoms with Gasteiger partial charge >= 0.3 is 0 Å². The van der Waals surface area contributed by atoms with Gasteiger partial charge in [-0.3, -0.25) is 4.79 Å². The second-order valence-corrected chi connectivity index (χ2v) is 6.50. The molecule has 152 valence electrons. The van der Waals surface area contributed by atoms with E-state index in [1.54, 1.807) is 43.5 Å². The minimum atomic E-state index is -0.302. The fraction of sp³-hybridized carbons (Fsp3) is 0.130. The number of rotatable bonds is 7. The van der Waals surface area contributed by atoms with Crippen molar-refractivity contribution in [2.45, 2.75) is 6.61 Å². The van der Waals surface area contributed by atoms with Crippen LogP contribution in [0.1, 0.15) is 16.1 Å². The van der Waals surface area contributed by atoms with Gasteiger partial charge in [-0.2, -0.15) is 0 Å². The number of amides is 1. The number of imidazole rings is 1. The first-order valence-corrected chi connectivity index (χ1v) is 9.36. The number of nitrogens with zero attached hydrogens (tertiary/aromatic N) is 2. The Balaban J connectivity index is 1.52. The molecule has 30 heavy (non-hydrogen) atoms. The zero-order valence-corrected chi connectivity index (χ0v) is 16.7. The lowest BCUT2D eigenvalue weighted by molar-refractivity contribution is 0.102. The van der Waals surface area contributed by atoms with Crippen LogP contribution in [0.4, 0.5) is 5.69 Å². The van der Waals surface area contributed by atoms with Crippen LogP contribution < -0.4 is 19.5 Å². The highest BCUT2D eigenvalue weighted by molar-refractivity contribution is 6.06. The highest BCUT2D eigenvalue weighted by atomic mass is 16.5. The molecule has 0 aliphatic rings. The van der Waals surface area contributed by atoms with Gasteiger partial charge in [-0.15, -0.1) is 0 Å². The molecule has 0 aliphatic carbocycles. The first-order valence-electron chi connectivity index (χ1n) is 9.36. The van der Waals surface area contributed by atoms with Crippen molar-refractivity contribution in [1.29, 1.82) is 0 Å². The summed E-state index contributed by atoms with van der Waals surface area (Å²) in [6.07, 6.45) is 3.83. The number of para-hydroxylation sites is 1.